The van der Waals surface area contributed by atoms with Gasteiger partial charge in [0.15, 0.2) is 0 Å². The molecule has 0 heterocycles. The first kappa shape index (κ1) is 36.2. The lowest BCUT2D eigenvalue weighted by atomic mass is 9.84. The Labute approximate surface area is 218 Å². The van der Waals surface area contributed by atoms with Crippen LogP contribution >= 0.6 is 0 Å². The van der Waals surface area contributed by atoms with E-state index in [4.69, 9.17) is 0 Å². The largest absolute Gasteiger partial charge is 0.0990 e. The summed E-state index contributed by atoms with van der Waals surface area (Å²) >= 11 is 0. The fourth-order valence-corrected chi connectivity index (χ4v) is 3.03. The van der Waals surface area contributed by atoms with Crippen LogP contribution in [0.4, 0.5) is 0 Å². The zero-order valence-electron chi connectivity index (χ0n) is 23.9. The molecule has 0 N–H and O–H groups in total. The molecular formula is C35H50. The van der Waals surface area contributed by atoms with Crippen LogP contribution in [0.1, 0.15) is 73.4 Å². The summed E-state index contributed by atoms with van der Waals surface area (Å²) < 4.78 is 0. The first-order valence-corrected chi connectivity index (χ1v) is 13.0. The Morgan fingerprint density at radius 3 is 1.20 bits per heavy atom. The summed E-state index contributed by atoms with van der Waals surface area (Å²) in [6.45, 7) is 29.9. The topological polar surface area (TPSA) is 0 Å². The van der Waals surface area contributed by atoms with E-state index in [2.05, 4.69) is 74.3 Å². The van der Waals surface area contributed by atoms with Crippen molar-refractivity contribution < 1.29 is 0 Å². The molecule has 35 heavy (non-hydrogen) atoms. The zero-order valence-corrected chi connectivity index (χ0v) is 23.9. The molecule has 0 bridgehead atoms. The minimum absolute atomic E-state index is 1.02. The van der Waals surface area contributed by atoms with Crippen LogP contribution in [0.15, 0.2) is 134 Å². The van der Waals surface area contributed by atoms with E-state index in [0.717, 1.165) is 33.4 Å². The molecule has 0 aliphatic heterocycles. The molecule has 0 heteroatoms. The molecule has 0 radical (unpaired) electrons. The standard InChI is InChI=1S/C27H26.4C2H6/c1-5-15-22(8-4)26(24-18-11-9-12-19-24)27(23(16-6-2)17-7-3)25-20-13-10-14-21-25;4*1-2/h5-21H,1-2,4H2,3H3;4*1-2H3/b17-7-,22-15+,23-16+,27-26+;;;;. The van der Waals surface area contributed by atoms with Gasteiger partial charge in [0.2, 0.25) is 0 Å². The minimum atomic E-state index is 1.02. The lowest BCUT2D eigenvalue weighted by molar-refractivity contribution is 1.50. The molecule has 2 aromatic rings. The van der Waals surface area contributed by atoms with Gasteiger partial charge in [-0.3, -0.25) is 0 Å². The van der Waals surface area contributed by atoms with Gasteiger partial charge < -0.3 is 0 Å². The molecule has 0 unspecified atom stereocenters. The van der Waals surface area contributed by atoms with Crippen molar-refractivity contribution in [3.05, 3.63) is 145 Å². The van der Waals surface area contributed by atoms with Gasteiger partial charge in [0.1, 0.15) is 0 Å². The first-order chi connectivity index (χ1) is 17.3. The second kappa shape index (κ2) is 26.9. The van der Waals surface area contributed by atoms with Gasteiger partial charge in [-0.25, -0.2) is 0 Å². The van der Waals surface area contributed by atoms with Crippen molar-refractivity contribution in [2.45, 2.75) is 62.3 Å². The summed E-state index contributed by atoms with van der Waals surface area (Å²) in [5, 5.41) is 0. The van der Waals surface area contributed by atoms with Crippen LogP contribution in [0.5, 0.6) is 0 Å². The maximum absolute atomic E-state index is 4.05. The van der Waals surface area contributed by atoms with Crippen molar-refractivity contribution in [1.29, 1.82) is 0 Å². The third-order valence-electron chi connectivity index (χ3n) is 4.11. The van der Waals surface area contributed by atoms with Gasteiger partial charge in [-0.1, -0.05) is 178 Å². The molecule has 0 aliphatic rings. The van der Waals surface area contributed by atoms with Crippen LogP contribution in [0.3, 0.4) is 0 Å². The average molecular weight is 471 g/mol. The summed E-state index contributed by atoms with van der Waals surface area (Å²) in [4.78, 5) is 0. The molecule has 0 aromatic heterocycles. The quantitative estimate of drug-likeness (QED) is 0.266. The number of hydrogen-bond acceptors (Lipinski definition) is 0. The van der Waals surface area contributed by atoms with Crippen LogP contribution in [0.25, 0.3) is 11.1 Å². The van der Waals surface area contributed by atoms with E-state index in [1.54, 1.807) is 6.08 Å². The van der Waals surface area contributed by atoms with Crippen molar-refractivity contribution in [2.24, 2.45) is 0 Å². The summed E-state index contributed by atoms with van der Waals surface area (Å²) in [5.74, 6) is 0. The highest BCUT2D eigenvalue weighted by molar-refractivity contribution is 6.06. The van der Waals surface area contributed by atoms with E-state index in [0.29, 0.717) is 0 Å². The lowest BCUT2D eigenvalue weighted by Gasteiger charge is -2.19. The summed E-state index contributed by atoms with van der Waals surface area (Å²) in [6.07, 6.45) is 13.7. The number of hydrogen-bond donors (Lipinski definition) is 0. The molecular weight excluding hydrogens is 420 g/mol. The molecule has 0 amide bonds. The zero-order chi connectivity index (χ0) is 27.5. The van der Waals surface area contributed by atoms with Crippen molar-refractivity contribution in [3.8, 4) is 0 Å². The van der Waals surface area contributed by atoms with E-state index in [1.807, 2.05) is 105 Å². The second-order valence-corrected chi connectivity index (χ2v) is 5.90. The van der Waals surface area contributed by atoms with Crippen molar-refractivity contribution >= 4 is 11.1 Å². The van der Waals surface area contributed by atoms with Crippen LogP contribution in [-0.4, -0.2) is 0 Å². The smallest absolute Gasteiger partial charge is 0.00269 e. The maximum atomic E-state index is 4.05. The molecule has 0 saturated carbocycles. The number of rotatable bonds is 8. The first-order valence-electron chi connectivity index (χ1n) is 13.0. The highest BCUT2D eigenvalue weighted by Crippen LogP contribution is 2.37. The predicted octanol–water partition coefficient (Wildman–Crippen LogP) is 11.7. The third-order valence-corrected chi connectivity index (χ3v) is 4.11. The van der Waals surface area contributed by atoms with Crippen LogP contribution < -0.4 is 0 Å². The Morgan fingerprint density at radius 2 is 0.886 bits per heavy atom. The van der Waals surface area contributed by atoms with Crippen molar-refractivity contribution in [1.82, 2.24) is 0 Å². The summed E-state index contributed by atoms with van der Waals surface area (Å²) in [6, 6.07) is 20.8. The average Bonchev–Trinajstić information content (AvgIpc) is 2.96. The van der Waals surface area contributed by atoms with Gasteiger partial charge in [0.25, 0.3) is 0 Å². The fourth-order valence-electron chi connectivity index (χ4n) is 3.03. The molecule has 0 nitrogen and oxygen atoms in total. The Morgan fingerprint density at radius 1 is 0.543 bits per heavy atom. The van der Waals surface area contributed by atoms with Gasteiger partial charge in [0, 0.05) is 0 Å². The number of benzene rings is 2. The molecule has 0 spiro atoms. The van der Waals surface area contributed by atoms with Gasteiger partial charge in [-0.2, -0.15) is 0 Å². The molecule has 2 aromatic carbocycles. The summed E-state index contributed by atoms with van der Waals surface area (Å²) in [7, 11) is 0. The molecule has 190 valence electrons. The van der Waals surface area contributed by atoms with Crippen LogP contribution in [0, 0.1) is 0 Å². The second-order valence-electron chi connectivity index (χ2n) is 5.90. The van der Waals surface area contributed by atoms with Gasteiger partial charge >= 0.3 is 0 Å². The van der Waals surface area contributed by atoms with Gasteiger partial charge in [-0.15, -0.1) is 0 Å². The lowest BCUT2D eigenvalue weighted by Crippen LogP contribution is -1.98. The molecule has 0 fully saturated rings. The molecule has 2 rings (SSSR count). The Kier molecular flexibility index (Phi) is 27.8. The van der Waals surface area contributed by atoms with E-state index in [-0.39, 0.29) is 0 Å². The van der Waals surface area contributed by atoms with Crippen LogP contribution in [0.2, 0.25) is 0 Å². The van der Waals surface area contributed by atoms with Crippen molar-refractivity contribution in [2.75, 3.05) is 0 Å². The SMILES string of the molecule is C=C/C=C(C=C)/C(=C(C(/C=C\C)=C/C=C)\c1ccccc1)c1ccccc1.CC.CC.CC.CC. The van der Waals surface area contributed by atoms with E-state index in [1.165, 1.54) is 0 Å². The van der Waals surface area contributed by atoms with E-state index in [9.17, 15) is 0 Å². The summed E-state index contributed by atoms with van der Waals surface area (Å²) in [5.41, 5.74) is 6.63. The van der Waals surface area contributed by atoms with E-state index < -0.39 is 0 Å². The molecule has 0 saturated heterocycles. The fraction of sp³-hybridized carbons (Fsp3) is 0.257. The monoisotopic (exact) mass is 470 g/mol. The Hall–Kier alpha value is -3.38. The van der Waals surface area contributed by atoms with E-state index >= 15 is 0 Å². The Balaban J connectivity index is -0.00000116. The Bertz CT molecular complexity index is 901. The molecule has 0 aliphatic carbocycles. The van der Waals surface area contributed by atoms with Gasteiger partial charge in [0.05, 0.1) is 0 Å². The highest BCUT2D eigenvalue weighted by atomic mass is 14.2. The minimum Gasteiger partial charge on any atom is -0.0990 e. The van der Waals surface area contributed by atoms with Gasteiger partial charge in [-0.05, 0) is 40.3 Å². The third kappa shape index (κ3) is 13.2. The van der Waals surface area contributed by atoms with Crippen molar-refractivity contribution in [3.63, 3.8) is 0 Å². The number of allylic oxidation sites excluding steroid dienone is 11. The predicted molar refractivity (Wildman–Crippen MR) is 167 cm³/mol. The maximum Gasteiger partial charge on any atom is -0.00269 e. The molecule has 0 atom stereocenters. The normalized spacial score (nSPS) is 10.9. The highest BCUT2D eigenvalue weighted by Gasteiger charge is 2.16. The van der Waals surface area contributed by atoms with Crippen LogP contribution in [-0.2, 0) is 0 Å².